The SMILES string of the molecule is Cc1nnsc1C(=O)NC1CNC1.Cl. The minimum Gasteiger partial charge on any atom is -0.346 e. The average molecular weight is 235 g/mol. The van der Waals surface area contributed by atoms with Crippen molar-refractivity contribution in [2.45, 2.75) is 13.0 Å². The standard InChI is InChI=1S/C7H10N4OS.ClH/c1-4-6(13-11-10-4)7(12)9-5-2-8-3-5;/h5,8H,2-3H2,1H3,(H,9,12);1H. The Labute approximate surface area is 91.9 Å². The number of halogens is 1. The second-order valence-electron chi connectivity index (χ2n) is 3.02. The molecule has 1 saturated heterocycles. The summed E-state index contributed by atoms with van der Waals surface area (Å²) < 4.78 is 3.71. The Balaban J connectivity index is 0.000000980. The maximum Gasteiger partial charge on any atom is 0.265 e. The number of aryl methyl sites for hydroxylation is 1. The van der Waals surface area contributed by atoms with Crippen LogP contribution in [0.4, 0.5) is 0 Å². The maximum absolute atomic E-state index is 11.5. The molecule has 2 heterocycles. The monoisotopic (exact) mass is 234 g/mol. The molecule has 0 aromatic carbocycles. The molecule has 0 saturated carbocycles. The van der Waals surface area contributed by atoms with Crippen LogP contribution >= 0.6 is 23.9 Å². The summed E-state index contributed by atoms with van der Waals surface area (Å²) in [4.78, 5) is 12.1. The molecule has 14 heavy (non-hydrogen) atoms. The molecule has 7 heteroatoms. The summed E-state index contributed by atoms with van der Waals surface area (Å²) in [6, 6.07) is 0.272. The highest BCUT2D eigenvalue weighted by atomic mass is 35.5. The van der Waals surface area contributed by atoms with E-state index in [1.807, 2.05) is 0 Å². The molecule has 2 rings (SSSR count). The zero-order chi connectivity index (χ0) is 9.26. The zero-order valence-corrected chi connectivity index (χ0v) is 9.24. The number of carbonyl (C=O) groups excluding carboxylic acids is 1. The summed E-state index contributed by atoms with van der Waals surface area (Å²) in [5.74, 6) is -0.0565. The van der Waals surface area contributed by atoms with Gasteiger partial charge in [0.15, 0.2) is 0 Å². The molecule has 0 aliphatic carbocycles. The van der Waals surface area contributed by atoms with Gasteiger partial charge in [-0.1, -0.05) is 4.49 Å². The fourth-order valence-corrected chi connectivity index (χ4v) is 1.64. The van der Waals surface area contributed by atoms with Gasteiger partial charge < -0.3 is 10.6 Å². The van der Waals surface area contributed by atoms with Gasteiger partial charge in [0.05, 0.1) is 11.7 Å². The lowest BCUT2D eigenvalue weighted by atomic mass is 10.2. The largest absolute Gasteiger partial charge is 0.346 e. The van der Waals surface area contributed by atoms with Gasteiger partial charge in [-0.2, -0.15) is 0 Å². The van der Waals surface area contributed by atoms with E-state index < -0.39 is 0 Å². The van der Waals surface area contributed by atoms with Crippen molar-refractivity contribution in [3.05, 3.63) is 10.6 Å². The first-order valence-electron chi connectivity index (χ1n) is 4.08. The zero-order valence-electron chi connectivity index (χ0n) is 7.61. The Hall–Kier alpha value is -0.720. The van der Waals surface area contributed by atoms with Crippen molar-refractivity contribution in [1.29, 1.82) is 0 Å². The van der Waals surface area contributed by atoms with Gasteiger partial charge in [-0.05, 0) is 18.5 Å². The van der Waals surface area contributed by atoms with Crippen LogP contribution in [-0.4, -0.2) is 34.6 Å². The van der Waals surface area contributed by atoms with Gasteiger partial charge in [0.2, 0.25) is 0 Å². The van der Waals surface area contributed by atoms with Crippen molar-refractivity contribution in [3.8, 4) is 0 Å². The molecule has 1 aliphatic rings. The summed E-state index contributed by atoms with van der Waals surface area (Å²) in [6.07, 6.45) is 0. The minimum absolute atomic E-state index is 0. The fraction of sp³-hybridized carbons (Fsp3) is 0.571. The molecular weight excluding hydrogens is 224 g/mol. The molecule has 0 bridgehead atoms. The van der Waals surface area contributed by atoms with Gasteiger partial charge in [0.25, 0.3) is 5.91 Å². The topological polar surface area (TPSA) is 66.9 Å². The van der Waals surface area contributed by atoms with E-state index in [4.69, 9.17) is 0 Å². The first-order valence-corrected chi connectivity index (χ1v) is 4.85. The van der Waals surface area contributed by atoms with Gasteiger partial charge in [0.1, 0.15) is 4.88 Å². The quantitative estimate of drug-likeness (QED) is 0.754. The predicted molar refractivity (Wildman–Crippen MR) is 56.0 cm³/mol. The lowest BCUT2D eigenvalue weighted by Crippen LogP contribution is -2.56. The third kappa shape index (κ3) is 2.20. The second kappa shape index (κ2) is 4.68. The third-order valence-corrected chi connectivity index (χ3v) is 2.80. The van der Waals surface area contributed by atoms with E-state index >= 15 is 0 Å². The average Bonchev–Trinajstić information content (AvgIpc) is 2.43. The van der Waals surface area contributed by atoms with Crippen LogP contribution in [0, 0.1) is 6.92 Å². The van der Waals surface area contributed by atoms with Crippen molar-refractivity contribution < 1.29 is 4.79 Å². The molecule has 1 aromatic heterocycles. The summed E-state index contributed by atoms with van der Waals surface area (Å²) in [7, 11) is 0. The van der Waals surface area contributed by atoms with Crippen molar-refractivity contribution in [1.82, 2.24) is 20.2 Å². The number of carbonyl (C=O) groups is 1. The molecule has 1 aromatic rings. The number of nitrogens with zero attached hydrogens (tertiary/aromatic N) is 2. The minimum atomic E-state index is -0.0565. The number of hydrogen-bond acceptors (Lipinski definition) is 5. The first kappa shape index (κ1) is 11.4. The smallest absolute Gasteiger partial charge is 0.265 e. The molecule has 78 valence electrons. The van der Waals surface area contributed by atoms with Crippen LogP contribution in [-0.2, 0) is 0 Å². The number of hydrogen-bond donors (Lipinski definition) is 2. The van der Waals surface area contributed by atoms with Crippen LogP contribution in [0.2, 0.25) is 0 Å². The second-order valence-corrected chi connectivity index (χ2v) is 3.77. The van der Waals surface area contributed by atoms with Crippen LogP contribution in [0.25, 0.3) is 0 Å². The van der Waals surface area contributed by atoms with Gasteiger partial charge in [0, 0.05) is 13.1 Å². The Kier molecular flexibility index (Phi) is 3.79. The Morgan fingerprint density at radius 3 is 2.79 bits per heavy atom. The Morgan fingerprint density at radius 1 is 1.64 bits per heavy atom. The third-order valence-electron chi connectivity index (χ3n) is 1.97. The summed E-state index contributed by atoms with van der Waals surface area (Å²) in [6.45, 7) is 3.51. The maximum atomic E-state index is 11.5. The van der Waals surface area contributed by atoms with Crippen molar-refractivity contribution in [2.75, 3.05) is 13.1 Å². The van der Waals surface area contributed by atoms with E-state index in [1.165, 1.54) is 0 Å². The summed E-state index contributed by atoms with van der Waals surface area (Å²) in [5, 5.41) is 9.75. The van der Waals surface area contributed by atoms with Crippen molar-refractivity contribution in [2.24, 2.45) is 0 Å². The number of aromatic nitrogens is 2. The molecule has 0 radical (unpaired) electrons. The van der Waals surface area contributed by atoms with Crippen LogP contribution in [0.15, 0.2) is 0 Å². The highest BCUT2D eigenvalue weighted by Crippen LogP contribution is 2.09. The highest BCUT2D eigenvalue weighted by molar-refractivity contribution is 7.08. The van der Waals surface area contributed by atoms with Crippen molar-refractivity contribution >= 4 is 29.8 Å². The normalized spacial score (nSPS) is 15.5. The van der Waals surface area contributed by atoms with Crippen LogP contribution in [0.5, 0.6) is 0 Å². The lowest BCUT2D eigenvalue weighted by Gasteiger charge is -2.27. The summed E-state index contributed by atoms with van der Waals surface area (Å²) >= 11 is 1.14. The van der Waals surface area contributed by atoms with Gasteiger partial charge in [-0.25, -0.2) is 0 Å². The lowest BCUT2D eigenvalue weighted by molar-refractivity contribution is 0.0927. The Bertz CT molecular complexity index is 325. The Morgan fingerprint density at radius 2 is 2.36 bits per heavy atom. The molecular formula is C7H11ClN4OS. The molecule has 0 unspecified atom stereocenters. The molecule has 1 aliphatic heterocycles. The van der Waals surface area contributed by atoms with E-state index in [2.05, 4.69) is 20.2 Å². The highest BCUT2D eigenvalue weighted by Gasteiger charge is 2.21. The molecule has 0 spiro atoms. The van der Waals surface area contributed by atoms with Gasteiger partial charge >= 0.3 is 0 Å². The number of nitrogens with one attached hydrogen (secondary N) is 2. The molecule has 1 amide bonds. The molecule has 0 atom stereocenters. The van der Waals surface area contributed by atoms with E-state index in [9.17, 15) is 4.79 Å². The van der Waals surface area contributed by atoms with Crippen LogP contribution in [0.1, 0.15) is 15.4 Å². The van der Waals surface area contributed by atoms with E-state index in [1.54, 1.807) is 6.92 Å². The fourth-order valence-electron chi connectivity index (χ4n) is 1.08. The number of rotatable bonds is 2. The number of amides is 1. The molecule has 1 fully saturated rings. The summed E-state index contributed by atoms with van der Waals surface area (Å²) in [5.41, 5.74) is 0.704. The first-order chi connectivity index (χ1) is 6.27. The van der Waals surface area contributed by atoms with Crippen molar-refractivity contribution in [3.63, 3.8) is 0 Å². The van der Waals surface area contributed by atoms with Gasteiger partial charge in [-0.3, -0.25) is 4.79 Å². The van der Waals surface area contributed by atoms with E-state index in [-0.39, 0.29) is 24.4 Å². The van der Waals surface area contributed by atoms with E-state index in [0.717, 1.165) is 24.6 Å². The van der Waals surface area contributed by atoms with Crippen LogP contribution < -0.4 is 10.6 Å². The van der Waals surface area contributed by atoms with Crippen LogP contribution in [0.3, 0.4) is 0 Å². The molecule has 5 nitrogen and oxygen atoms in total. The van der Waals surface area contributed by atoms with E-state index in [0.29, 0.717) is 10.6 Å². The van der Waals surface area contributed by atoms with Gasteiger partial charge in [-0.15, -0.1) is 17.5 Å². The molecule has 2 N–H and O–H groups in total. The predicted octanol–water partition coefficient (Wildman–Crippen LogP) is -0.0301.